The molecule has 3 aliphatic rings. The normalized spacial score (nSPS) is 35.0. The van der Waals surface area contributed by atoms with Crippen LogP contribution >= 0.6 is 0 Å². The lowest BCUT2D eigenvalue weighted by Gasteiger charge is -2.36. The Balaban J connectivity index is 1.40. The molecule has 21 heavy (non-hydrogen) atoms. The molecular formula is C17H30N4. The summed E-state index contributed by atoms with van der Waals surface area (Å²) in [5.41, 5.74) is -0.242. The highest BCUT2D eigenvalue weighted by Gasteiger charge is 2.41. The summed E-state index contributed by atoms with van der Waals surface area (Å²) < 4.78 is 0. The molecule has 4 nitrogen and oxygen atoms in total. The molecule has 4 heteroatoms. The SMILES string of the molecule is CNC1(C#N)CCCC1CCN1CCN(CC2CC2)CC1. The number of hydrogen-bond donors (Lipinski definition) is 1. The summed E-state index contributed by atoms with van der Waals surface area (Å²) in [5, 5.41) is 12.8. The number of nitrogens with zero attached hydrogens (tertiary/aromatic N) is 3. The number of nitriles is 1. The molecule has 1 saturated heterocycles. The van der Waals surface area contributed by atoms with Crippen molar-refractivity contribution >= 4 is 0 Å². The van der Waals surface area contributed by atoms with Gasteiger partial charge >= 0.3 is 0 Å². The minimum atomic E-state index is -0.242. The van der Waals surface area contributed by atoms with Crippen molar-refractivity contribution in [2.24, 2.45) is 11.8 Å². The van der Waals surface area contributed by atoms with Crippen LogP contribution in [0.3, 0.4) is 0 Å². The van der Waals surface area contributed by atoms with Gasteiger partial charge in [-0.1, -0.05) is 6.42 Å². The molecule has 3 rings (SSSR count). The van der Waals surface area contributed by atoms with E-state index in [2.05, 4.69) is 21.2 Å². The second-order valence-corrected chi connectivity index (χ2v) is 7.30. The van der Waals surface area contributed by atoms with Crippen LogP contribution in [0.1, 0.15) is 38.5 Å². The Morgan fingerprint density at radius 2 is 1.86 bits per heavy atom. The van der Waals surface area contributed by atoms with Crippen LogP contribution in [0.25, 0.3) is 0 Å². The summed E-state index contributed by atoms with van der Waals surface area (Å²) in [4.78, 5) is 5.26. The number of hydrogen-bond acceptors (Lipinski definition) is 4. The second-order valence-electron chi connectivity index (χ2n) is 7.30. The molecule has 2 saturated carbocycles. The van der Waals surface area contributed by atoms with E-state index in [9.17, 15) is 5.26 Å². The highest BCUT2D eigenvalue weighted by atomic mass is 15.3. The van der Waals surface area contributed by atoms with Gasteiger partial charge in [-0.05, 0) is 57.5 Å². The van der Waals surface area contributed by atoms with Gasteiger partial charge in [0.25, 0.3) is 0 Å². The van der Waals surface area contributed by atoms with Crippen LogP contribution in [0.2, 0.25) is 0 Å². The van der Waals surface area contributed by atoms with Crippen molar-refractivity contribution in [2.45, 2.75) is 44.1 Å². The summed E-state index contributed by atoms with van der Waals surface area (Å²) >= 11 is 0. The van der Waals surface area contributed by atoms with Crippen LogP contribution in [0, 0.1) is 23.2 Å². The summed E-state index contributed by atoms with van der Waals surface area (Å²) in [7, 11) is 1.96. The van der Waals surface area contributed by atoms with Crippen LogP contribution < -0.4 is 5.32 Å². The van der Waals surface area contributed by atoms with Gasteiger partial charge in [0.1, 0.15) is 5.54 Å². The zero-order valence-corrected chi connectivity index (χ0v) is 13.5. The monoisotopic (exact) mass is 290 g/mol. The van der Waals surface area contributed by atoms with E-state index in [4.69, 9.17) is 0 Å². The fourth-order valence-corrected chi connectivity index (χ4v) is 4.20. The molecule has 118 valence electrons. The molecule has 3 fully saturated rings. The Hall–Kier alpha value is -0.630. The largest absolute Gasteiger partial charge is 0.302 e. The molecule has 0 amide bonds. The molecule has 0 spiro atoms. The molecule has 0 aromatic rings. The summed E-state index contributed by atoms with van der Waals surface area (Å²) in [5.74, 6) is 1.55. The summed E-state index contributed by atoms with van der Waals surface area (Å²) in [6.45, 7) is 7.45. The topological polar surface area (TPSA) is 42.3 Å². The zero-order chi connectivity index (χ0) is 14.7. The Morgan fingerprint density at radius 1 is 1.14 bits per heavy atom. The molecule has 0 radical (unpaired) electrons. The van der Waals surface area contributed by atoms with Crippen LogP contribution in [0.4, 0.5) is 0 Å². The van der Waals surface area contributed by atoms with E-state index in [1.54, 1.807) is 0 Å². The average molecular weight is 290 g/mol. The van der Waals surface area contributed by atoms with Crippen LogP contribution in [0.5, 0.6) is 0 Å². The second kappa shape index (κ2) is 6.64. The first kappa shape index (κ1) is 15.3. The highest BCUT2D eigenvalue weighted by molar-refractivity contribution is 5.13. The van der Waals surface area contributed by atoms with E-state index in [0.29, 0.717) is 5.92 Å². The van der Waals surface area contributed by atoms with Gasteiger partial charge in [0, 0.05) is 32.7 Å². The predicted molar refractivity (Wildman–Crippen MR) is 85.0 cm³/mol. The molecule has 0 aromatic carbocycles. The Kier molecular flexibility index (Phi) is 4.83. The van der Waals surface area contributed by atoms with Crippen molar-refractivity contribution in [1.29, 1.82) is 5.26 Å². The molecule has 0 aromatic heterocycles. The Bertz CT molecular complexity index is 379. The third-order valence-electron chi connectivity index (χ3n) is 5.94. The highest BCUT2D eigenvalue weighted by Crippen LogP contribution is 2.37. The van der Waals surface area contributed by atoms with E-state index in [1.165, 1.54) is 71.4 Å². The molecule has 2 aliphatic carbocycles. The number of rotatable bonds is 6. The molecule has 2 unspecified atom stereocenters. The predicted octanol–water partition coefficient (Wildman–Crippen LogP) is 1.69. The standard InChI is InChI=1S/C17H30N4/c1-19-17(14-18)7-2-3-16(17)6-8-20-9-11-21(12-10-20)13-15-4-5-15/h15-16,19H,2-13H2,1H3. The van der Waals surface area contributed by atoms with Crippen molar-refractivity contribution in [1.82, 2.24) is 15.1 Å². The maximum Gasteiger partial charge on any atom is 0.109 e. The molecule has 0 bridgehead atoms. The molecular weight excluding hydrogens is 260 g/mol. The van der Waals surface area contributed by atoms with E-state index in [0.717, 1.165) is 12.3 Å². The van der Waals surface area contributed by atoms with Crippen LogP contribution in [-0.2, 0) is 0 Å². The lowest BCUT2D eigenvalue weighted by molar-refractivity contribution is 0.119. The smallest absolute Gasteiger partial charge is 0.109 e. The minimum absolute atomic E-state index is 0.242. The summed E-state index contributed by atoms with van der Waals surface area (Å²) in [6, 6.07) is 2.56. The fourth-order valence-electron chi connectivity index (χ4n) is 4.20. The molecule has 1 heterocycles. The minimum Gasteiger partial charge on any atom is -0.302 e. The Morgan fingerprint density at radius 3 is 2.48 bits per heavy atom. The maximum absolute atomic E-state index is 9.52. The van der Waals surface area contributed by atoms with Gasteiger partial charge in [-0.3, -0.25) is 0 Å². The van der Waals surface area contributed by atoms with Crippen molar-refractivity contribution in [2.75, 3.05) is 46.3 Å². The maximum atomic E-state index is 9.52. The van der Waals surface area contributed by atoms with Gasteiger partial charge in [-0.15, -0.1) is 0 Å². The van der Waals surface area contributed by atoms with Gasteiger partial charge in [-0.2, -0.15) is 5.26 Å². The van der Waals surface area contributed by atoms with Crippen molar-refractivity contribution < 1.29 is 0 Å². The van der Waals surface area contributed by atoms with Crippen LogP contribution in [0.15, 0.2) is 0 Å². The van der Waals surface area contributed by atoms with Crippen molar-refractivity contribution in [3.05, 3.63) is 0 Å². The lowest BCUT2D eigenvalue weighted by atomic mass is 9.86. The first-order chi connectivity index (χ1) is 10.3. The molecule has 1 N–H and O–H groups in total. The van der Waals surface area contributed by atoms with Crippen LogP contribution in [-0.4, -0.2) is 61.7 Å². The van der Waals surface area contributed by atoms with Gasteiger partial charge < -0.3 is 15.1 Å². The number of nitrogens with one attached hydrogen (secondary N) is 1. The van der Waals surface area contributed by atoms with Crippen molar-refractivity contribution in [3.63, 3.8) is 0 Å². The molecule has 1 aliphatic heterocycles. The lowest BCUT2D eigenvalue weighted by Crippen LogP contribution is -2.49. The quantitative estimate of drug-likeness (QED) is 0.808. The van der Waals surface area contributed by atoms with Crippen molar-refractivity contribution in [3.8, 4) is 6.07 Å². The Labute approximate surface area is 129 Å². The van der Waals surface area contributed by atoms with E-state index >= 15 is 0 Å². The zero-order valence-electron chi connectivity index (χ0n) is 13.5. The van der Waals surface area contributed by atoms with E-state index in [-0.39, 0.29) is 5.54 Å². The van der Waals surface area contributed by atoms with Gasteiger partial charge in [0.05, 0.1) is 6.07 Å². The van der Waals surface area contributed by atoms with Gasteiger partial charge in [-0.25, -0.2) is 0 Å². The first-order valence-corrected chi connectivity index (χ1v) is 8.80. The first-order valence-electron chi connectivity index (χ1n) is 8.80. The summed E-state index contributed by atoms with van der Waals surface area (Å²) in [6.07, 6.45) is 7.55. The van der Waals surface area contributed by atoms with Gasteiger partial charge in [0.15, 0.2) is 0 Å². The average Bonchev–Trinajstić information content (AvgIpc) is 3.24. The van der Waals surface area contributed by atoms with E-state index < -0.39 is 0 Å². The fraction of sp³-hybridized carbons (Fsp3) is 0.941. The molecule has 2 atom stereocenters. The van der Waals surface area contributed by atoms with E-state index in [1.807, 2.05) is 7.05 Å². The van der Waals surface area contributed by atoms with Gasteiger partial charge in [0.2, 0.25) is 0 Å². The third kappa shape index (κ3) is 3.59. The number of piperazine rings is 1. The third-order valence-corrected chi connectivity index (χ3v) is 5.94.